The molecule has 1 amide bonds. The van der Waals surface area contributed by atoms with Gasteiger partial charge < -0.3 is 10.1 Å². The van der Waals surface area contributed by atoms with Crippen LogP contribution in [0.1, 0.15) is 10.7 Å². The van der Waals surface area contributed by atoms with E-state index in [1.807, 2.05) is 12.3 Å². The van der Waals surface area contributed by atoms with E-state index in [4.69, 9.17) is 4.74 Å². The molecule has 2 rings (SSSR count). The Morgan fingerprint density at radius 1 is 1.58 bits per heavy atom. The van der Waals surface area contributed by atoms with Crippen molar-refractivity contribution in [3.05, 3.63) is 22.2 Å². The van der Waals surface area contributed by atoms with Crippen LogP contribution in [0.2, 0.25) is 0 Å². The molecule has 6 heteroatoms. The Morgan fingerprint density at radius 2 is 2.37 bits per heavy atom. The van der Waals surface area contributed by atoms with Crippen LogP contribution < -0.4 is 5.32 Å². The van der Waals surface area contributed by atoms with Gasteiger partial charge in [-0.05, 0) is 13.0 Å². The first-order chi connectivity index (χ1) is 9.24. The molecule has 0 aromatic carbocycles. The summed E-state index contributed by atoms with van der Waals surface area (Å²) in [5.41, 5.74) is 0.839. The first-order valence-corrected chi connectivity index (χ1v) is 7.30. The monoisotopic (exact) mass is 281 g/mol. The van der Waals surface area contributed by atoms with E-state index in [1.165, 1.54) is 6.08 Å². The van der Waals surface area contributed by atoms with Crippen molar-refractivity contribution in [3.8, 4) is 0 Å². The van der Waals surface area contributed by atoms with Crippen LogP contribution >= 0.6 is 11.3 Å². The van der Waals surface area contributed by atoms with Gasteiger partial charge >= 0.3 is 0 Å². The second kappa shape index (κ2) is 7.37. The average Bonchev–Trinajstić information content (AvgIpc) is 2.83. The van der Waals surface area contributed by atoms with E-state index >= 15 is 0 Å². The first kappa shape index (κ1) is 14.2. The molecule has 1 aliphatic rings. The molecule has 1 aromatic heterocycles. The number of hydrogen-bond donors (Lipinski definition) is 1. The molecule has 1 N–H and O–H groups in total. The maximum Gasteiger partial charge on any atom is 0.244 e. The highest BCUT2D eigenvalue weighted by Gasteiger charge is 2.09. The lowest BCUT2D eigenvalue weighted by atomic mass is 10.4. The molecule has 5 nitrogen and oxygen atoms in total. The van der Waals surface area contributed by atoms with Gasteiger partial charge in [-0.15, -0.1) is 11.3 Å². The van der Waals surface area contributed by atoms with Crippen molar-refractivity contribution in [1.29, 1.82) is 0 Å². The number of carbonyl (C=O) groups excluding carboxylic acids is 1. The molecule has 19 heavy (non-hydrogen) atoms. The highest BCUT2D eigenvalue weighted by Crippen LogP contribution is 2.08. The van der Waals surface area contributed by atoms with Gasteiger partial charge in [0.25, 0.3) is 0 Å². The second-order valence-corrected chi connectivity index (χ2v) is 5.43. The van der Waals surface area contributed by atoms with Gasteiger partial charge in [0.15, 0.2) is 0 Å². The predicted molar refractivity (Wildman–Crippen MR) is 76.2 cm³/mol. The number of aromatic nitrogens is 1. The zero-order valence-corrected chi connectivity index (χ0v) is 11.9. The molecule has 0 bridgehead atoms. The van der Waals surface area contributed by atoms with E-state index in [2.05, 4.69) is 15.2 Å². The van der Waals surface area contributed by atoms with Crippen LogP contribution in [0, 0.1) is 6.92 Å². The Balaban J connectivity index is 1.65. The van der Waals surface area contributed by atoms with Crippen molar-refractivity contribution < 1.29 is 9.53 Å². The molecule has 2 heterocycles. The smallest absolute Gasteiger partial charge is 0.244 e. The Labute approximate surface area is 117 Å². The third-order valence-electron chi connectivity index (χ3n) is 2.87. The maximum atomic E-state index is 11.6. The quantitative estimate of drug-likeness (QED) is 0.815. The van der Waals surface area contributed by atoms with Crippen LogP contribution in [0.5, 0.6) is 0 Å². The molecule has 1 aromatic rings. The van der Waals surface area contributed by atoms with Gasteiger partial charge in [-0.25, -0.2) is 4.98 Å². The minimum Gasteiger partial charge on any atom is -0.379 e. The SMILES string of the molecule is Cc1nc(/C=C/C(=O)NCCN2CCOCC2)cs1. The maximum absolute atomic E-state index is 11.6. The van der Waals surface area contributed by atoms with Crippen molar-refractivity contribution >= 4 is 23.3 Å². The van der Waals surface area contributed by atoms with Crippen molar-refractivity contribution in [2.75, 3.05) is 39.4 Å². The normalized spacial score (nSPS) is 16.9. The highest BCUT2D eigenvalue weighted by atomic mass is 32.1. The van der Waals surface area contributed by atoms with Gasteiger partial charge in [0.05, 0.1) is 23.9 Å². The fourth-order valence-electron chi connectivity index (χ4n) is 1.84. The number of hydrogen-bond acceptors (Lipinski definition) is 5. The number of rotatable bonds is 5. The zero-order chi connectivity index (χ0) is 13.5. The minimum absolute atomic E-state index is 0.0705. The largest absolute Gasteiger partial charge is 0.379 e. The summed E-state index contributed by atoms with van der Waals surface area (Å²) >= 11 is 1.58. The molecule has 1 saturated heterocycles. The molecular weight excluding hydrogens is 262 g/mol. The van der Waals surface area contributed by atoms with Gasteiger partial charge in [-0.2, -0.15) is 0 Å². The summed E-state index contributed by atoms with van der Waals surface area (Å²) in [6.45, 7) is 6.96. The number of aryl methyl sites for hydroxylation is 1. The summed E-state index contributed by atoms with van der Waals surface area (Å²) in [5.74, 6) is -0.0705. The van der Waals surface area contributed by atoms with E-state index in [0.29, 0.717) is 6.54 Å². The van der Waals surface area contributed by atoms with Gasteiger partial charge in [0.2, 0.25) is 5.91 Å². The second-order valence-electron chi connectivity index (χ2n) is 4.37. The molecule has 104 valence electrons. The van der Waals surface area contributed by atoms with Crippen LogP contribution in [0.3, 0.4) is 0 Å². The van der Waals surface area contributed by atoms with E-state index in [9.17, 15) is 4.79 Å². The van der Waals surface area contributed by atoms with Crippen molar-refractivity contribution in [2.24, 2.45) is 0 Å². The fraction of sp³-hybridized carbons (Fsp3) is 0.538. The van der Waals surface area contributed by atoms with Crippen molar-refractivity contribution in [2.45, 2.75) is 6.92 Å². The molecule has 0 atom stereocenters. The number of nitrogens with one attached hydrogen (secondary N) is 1. The first-order valence-electron chi connectivity index (χ1n) is 6.42. The molecule has 0 saturated carbocycles. The molecule has 0 unspecified atom stereocenters. The standard InChI is InChI=1S/C13H19N3O2S/c1-11-15-12(10-19-11)2-3-13(17)14-4-5-16-6-8-18-9-7-16/h2-3,10H,4-9H2,1H3,(H,14,17)/b3-2+. The molecule has 1 fully saturated rings. The summed E-state index contributed by atoms with van der Waals surface area (Å²) in [5, 5.41) is 5.82. The molecule has 1 aliphatic heterocycles. The van der Waals surface area contributed by atoms with Crippen LogP contribution in [0.4, 0.5) is 0 Å². The van der Waals surface area contributed by atoms with Crippen LogP contribution in [0.25, 0.3) is 6.08 Å². The number of nitrogens with zero attached hydrogens (tertiary/aromatic N) is 2. The molecule has 0 radical (unpaired) electrons. The fourth-order valence-corrected chi connectivity index (χ4v) is 2.42. The number of morpholine rings is 1. The summed E-state index contributed by atoms with van der Waals surface area (Å²) < 4.78 is 5.27. The van der Waals surface area contributed by atoms with E-state index in [1.54, 1.807) is 17.4 Å². The topological polar surface area (TPSA) is 54.5 Å². The van der Waals surface area contributed by atoms with Gasteiger partial charge in [-0.3, -0.25) is 9.69 Å². The predicted octanol–water partition coefficient (Wildman–Crippen LogP) is 0.913. The number of carbonyl (C=O) groups is 1. The summed E-state index contributed by atoms with van der Waals surface area (Å²) in [6, 6.07) is 0. The molecular formula is C13H19N3O2S. The minimum atomic E-state index is -0.0705. The molecule has 0 spiro atoms. The van der Waals surface area contributed by atoms with E-state index in [-0.39, 0.29) is 5.91 Å². The van der Waals surface area contributed by atoms with Crippen molar-refractivity contribution in [3.63, 3.8) is 0 Å². The lowest BCUT2D eigenvalue weighted by Crippen LogP contribution is -2.41. The summed E-state index contributed by atoms with van der Waals surface area (Å²) in [4.78, 5) is 18.2. The third-order valence-corrected chi connectivity index (χ3v) is 3.66. The Bertz CT molecular complexity index is 439. The third kappa shape index (κ3) is 5.10. The lowest BCUT2D eigenvalue weighted by Gasteiger charge is -2.26. The summed E-state index contributed by atoms with van der Waals surface area (Å²) in [6.07, 6.45) is 3.28. The Hall–Kier alpha value is -1.24. The van der Waals surface area contributed by atoms with Crippen LogP contribution in [0.15, 0.2) is 11.5 Å². The highest BCUT2D eigenvalue weighted by molar-refractivity contribution is 7.09. The Kier molecular flexibility index (Phi) is 5.50. The molecule has 0 aliphatic carbocycles. The number of amides is 1. The van der Waals surface area contributed by atoms with Gasteiger partial charge in [0.1, 0.15) is 0 Å². The number of thiazole rings is 1. The van der Waals surface area contributed by atoms with Crippen molar-refractivity contribution in [1.82, 2.24) is 15.2 Å². The number of ether oxygens (including phenoxy) is 1. The van der Waals surface area contributed by atoms with Gasteiger partial charge in [0, 0.05) is 37.6 Å². The van der Waals surface area contributed by atoms with E-state index < -0.39 is 0 Å². The zero-order valence-electron chi connectivity index (χ0n) is 11.1. The van der Waals surface area contributed by atoms with Crippen LogP contribution in [-0.4, -0.2) is 55.2 Å². The van der Waals surface area contributed by atoms with Crippen LogP contribution in [-0.2, 0) is 9.53 Å². The lowest BCUT2D eigenvalue weighted by molar-refractivity contribution is -0.116. The average molecular weight is 281 g/mol. The van der Waals surface area contributed by atoms with E-state index in [0.717, 1.165) is 43.5 Å². The Morgan fingerprint density at radius 3 is 3.05 bits per heavy atom. The van der Waals surface area contributed by atoms with Gasteiger partial charge in [-0.1, -0.05) is 0 Å². The summed E-state index contributed by atoms with van der Waals surface area (Å²) in [7, 11) is 0.